The highest BCUT2D eigenvalue weighted by molar-refractivity contribution is 6.31. The molecule has 0 aliphatic rings. The van der Waals surface area contributed by atoms with Crippen molar-refractivity contribution in [1.82, 2.24) is 5.32 Å². The van der Waals surface area contributed by atoms with Gasteiger partial charge in [0.1, 0.15) is 5.82 Å². The summed E-state index contributed by atoms with van der Waals surface area (Å²) >= 11 is 6.16. The SMILES string of the molecule is CCCCCCCC(NC)c1cc(C)c(F)cc1Cl. The maximum absolute atomic E-state index is 13.4. The number of nitrogens with one attached hydrogen (secondary N) is 1. The number of unbranched alkanes of at least 4 members (excludes halogenated alkanes) is 4. The van der Waals surface area contributed by atoms with Gasteiger partial charge >= 0.3 is 0 Å². The van der Waals surface area contributed by atoms with Crippen LogP contribution in [0.1, 0.15) is 62.6 Å². The molecule has 3 heteroatoms. The fourth-order valence-corrected chi connectivity index (χ4v) is 2.64. The lowest BCUT2D eigenvalue weighted by molar-refractivity contribution is 0.499. The second-order valence-electron chi connectivity index (χ2n) is 5.17. The fraction of sp³-hybridized carbons (Fsp3) is 0.625. The van der Waals surface area contributed by atoms with Gasteiger partial charge in [0.2, 0.25) is 0 Å². The minimum Gasteiger partial charge on any atom is -0.313 e. The molecule has 0 aliphatic heterocycles. The topological polar surface area (TPSA) is 12.0 Å². The minimum absolute atomic E-state index is 0.216. The maximum atomic E-state index is 13.4. The third-order valence-corrected chi connectivity index (χ3v) is 3.93. The summed E-state index contributed by atoms with van der Waals surface area (Å²) in [5, 5.41) is 3.81. The van der Waals surface area contributed by atoms with E-state index in [1.54, 1.807) is 6.92 Å². The van der Waals surface area contributed by atoms with Crippen LogP contribution in [-0.2, 0) is 0 Å². The molecule has 0 spiro atoms. The third-order valence-electron chi connectivity index (χ3n) is 3.60. The Kier molecular flexibility index (Phi) is 7.40. The Hall–Kier alpha value is -0.600. The van der Waals surface area contributed by atoms with Crippen LogP contribution in [0.15, 0.2) is 12.1 Å². The first-order valence-corrected chi connectivity index (χ1v) is 7.60. The molecule has 1 aromatic rings. The van der Waals surface area contributed by atoms with Crippen molar-refractivity contribution in [2.45, 2.75) is 58.4 Å². The van der Waals surface area contributed by atoms with E-state index in [1.807, 2.05) is 13.1 Å². The zero-order chi connectivity index (χ0) is 14.3. The predicted molar refractivity (Wildman–Crippen MR) is 81.3 cm³/mol. The summed E-state index contributed by atoms with van der Waals surface area (Å²) in [6.45, 7) is 4.00. The van der Waals surface area contributed by atoms with Crippen LogP contribution in [0.2, 0.25) is 5.02 Å². The van der Waals surface area contributed by atoms with Gasteiger partial charge in [-0.25, -0.2) is 4.39 Å². The number of hydrogen-bond acceptors (Lipinski definition) is 1. The number of benzene rings is 1. The smallest absolute Gasteiger partial charge is 0.127 e. The highest BCUT2D eigenvalue weighted by Crippen LogP contribution is 2.29. The lowest BCUT2D eigenvalue weighted by atomic mass is 9.98. The quantitative estimate of drug-likeness (QED) is 0.630. The molecule has 19 heavy (non-hydrogen) atoms. The van der Waals surface area contributed by atoms with Gasteiger partial charge in [-0.1, -0.05) is 56.7 Å². The molecule has 0 radical (unpaired) electrons. The Labute approximate surface area is 121 Å². The molecule has 1 nitrogen and oxygen atoms in total. The normalized spacial score (nSPS) is 12.7. The molecule has 0 saturated carbocycles. The van der Waals surface area contributed by atoms with E-state index in [-0.39, 0.29) is 11.9 Å². The van der Waals surface area contributed by atoms with Crippen LogP contribution in [0.25, 0.3) is 0 Å². The van der Waals surface area contributed by atoms with Crippen molar-refractivity contribution in [2.24, 2.45) is 0 Å². The highest BCUT2D eigenvalue weighted by atomic mass is 35.5. The number of rotatable bonds is 8. The molecule has 1 unspecified atom stereocenters. The third kappa shape index (κ3) is 5.12. The van der Waals surface area contributed by atoms with E-state index in [0.717, 1.165) is 12.0 Å². The summed E-state index contributed by atoms with van der Waals surface area (Å²) in [4.78, 5) is 0. The molecule has 0 bridgehead atoms. The van der Waals surface area contributed by atoms with Crippen molar-refractivity contribution < 1.29 is 4.39 Å². The van der Waals surface area contributed by atoms with Gasteiger partial charge < -0.3 is 5.32 Å². The van der Waals surface area contributed by atoms with Crippen LogP contribution < -0.4 is 5.32 Å². The van der Waals surface area contributed by atoms with Gasteiger partial charge in [-0.15, -0.1) is 0 Å². The second-order valence-corrected chi connectivity index (χ2v) is 5.57. The van der Waals surface area contributed by atoms with Crippen molar-refractivity contribution in [2.75, 3.05) is 7.05 Å². The molecule has 0 aromatic heterocycles. The summed E-state index contributed by atoms with van der Waals surface area (Å²) in [7, 11) is 1.94. The van der Waals surface area contributed by atoms with Gasteiger partial charge in [-0.2, -0.15) is 0 Å². The average Bonchev–Trinajstić information content (AvgIpc) is 2.39. The molecule has 1 aromatic carbocycles. The lowest BCUT2D eigenvalue weighted by Crippen LogP contribution is -2.17. The summed E-state index contributed by atoms with van der Waals surface area (Å²) in [6.07, 6.45) is 7.34. The Balaban J connectivity index is 2.61. The Morgan fingerprint density at radius 1 is 1.21 bits per heavy atom. The summed E-state index contributed by atoms with van der Waals surface area (Å²) < 4.78 is 13.4. The van der Waals surface area contributed by atoms with Crippen LogP contribution >= 0.6 is 11.6 Å². The molecule has 1 atom stereocenters. The molecular formula is C16H25ClFN. The van der Waals surface area contributed by atoms with Crippen molar-refractivity contribution in [3.05, 3.63) is 34.1 Å². The molecule has 1 N–H and O–H groups in total. The van der Waals surface area contributed by atoms with Crippen LogP contribution in [-0.4, -0.2) is 7.05 Å². The van der Waals surface area contributed by atoms with E-state index < -0.39 is 0 Å². The van der Waals surface area contributed by atoms with Crippen molar-refractivity contribution in [3.8, 4) is 0 Å². The standard InChI is InChI=1S/C16H25ClFN/c1-4-5-6-7-8-9-16(19-3)13-10-12(2)15(18)11-14(13)17/h10-11,16,19H,4-9H2,1-3H3. The lowest BCUT2D eigenvalue weighted by Gasteiger charge is -2.19. The molecule has 108 valence electrons. The van der Waals surface area contributed by atoms with Gasteiger partial charge in [-0.3, -0.25) is 0 Å². The zero-order valence-corrected chi connectivity index (χ0v) is 13.0. The van der Waals surface area contributed by atoms with Crippen molar-refractivity contribution in [3.63, 3.8) is 0 Å². The van der Waals surface area contributed by atoms with Crippen LogP contribution in [0, 0.1) is 12.7 Å². The highest BCUT2D eigenvalue weighted by Gasteiger charge is 2.14. The van der Waals surface area contributed by atoms with Gasteiger partial charge in [0.05, 0.1) is 0 Å². The van der Waals surface area contributed by atoms with Crippen LogP contribution in [0.3, 0.4) is 0 Å². The molecule has 0 fully saturated rings. The second kappa shape index (κ2) is 8.55. The van der Waals surface area contributed by atoms with Gasteiger partial charge in [0.15, 0.2) is 0 Å². The fourth-order valence-electron chi connectivity index (χ4n) is 2.35. The van der Waals surface area contributed by atoms with Crippen molar-refractivity contribution >= 4 is 11.6 Å². The first-order valence-electron chi connectivity index (χ1n) is 7.23. The van der Waals surface area contributed by atoms with Gasteiger partial charge in [0, 0.05) is 11.1 Å². The molecule has 0 amide bonds. The Morgan fingerprint density at radius 3 is 2.53 bits per heavy atom. The van der Waals surface area contributed by atoms with Gasteiger partial charge in [0.25, 0.3) is 0 Å². The molecule has 0 heterocycles. The van der Waals surface area contributed by atoms with Gasteiger partial charge in [-0.05, 0) is 37.6 Å². The molecule has 0 saturated heterocycles. The molecular weight excluding hydrogens is 261 g/mol. The van der Waals surface area contributed by atoms with Crippen LogP contribution in [0.5, 0.6) is 0 Å². The number of halogens is 2. The van der Waals surface area contributed by atoms with E-state index in [4.69, 9.17) is 11.6 Å². The van der Waals surface area contributed by atoms with E-state index in [9.17, 15) is 4.39 Å². The largest absolute Gasteiger partial charge is 0.313 e. The van der Waals surface area contributed by atoms with E-state index >= 15 is 0 Å². The summed E-state index contributed by atoms with van der Waals surface area (Å²) in [5.74, 6) is -0.230. The number of aryl methyl sites for hydroxylation is 1. The zero-order valence-electron chi connectivity index (χ0n) is 12.2. The first-order chi connectivity index (χ1) is 9.10. The molecule has 1 rings (SSSR count). The summed E-state index contributed by atoms with van der Waals surface area (Å²) in [6, 6.07) is 3.51. The Bertz CT molecular complexity index is 393. The first kappa shape index (κ1) is 16.5. The average molecular weight is 286 g/mol. The summed E-state index contributed by atoms with van der Waals surface area (Å²) in [5.41, 5.74) is 1.67. The number of hydrogen-bond donors (Lipinski definition) is 1. The predicted octanol–water partition coefficient (Wildman–Crippen LogP) is 5.41. The van der Waals surface area contributed by atoms with Crippen LogP contribution in [0.4, 0.5) is 4.39 Å². The minimum atomic E-state index is -0.230. The maximum Gasteiger partial charge on any atom is 0.127 e. The van der Waals surface area contributed by atoms with Crippen molar-refractivity contribution in [1.29, 1.82) is 0 Å². The van der Waals surface area contributed by atoms with E-state index in [0.29, 0.717) is 10.6 Å². The van der Waals surface area contributed by atoms with E-state index in [1.165, 1.54) is 38.2 Å². The monoisotopic (exact) mass is 285 g/mol. The Morgan fingerprint density at radius 2 is 1.89 bits per heavy atom. The molecule has 0 aliphatic carbocycles. The van der Waals surface area contributed by atoms with E-state index in [2.05, 4.69) is 12.2 Å².